The molecule has 0 unspecified atom stereocenters. The minimum Gasteiger partial charge on any atom is -0.399 e. The van der Waals surface area contributed by atoms with Crippen molar-refractivity contribution in [2.45, 2.75) is 0 Å². The average molecular weight is 355 g/mol. The fourth-order valence-electron chi connectivity index (χ4n) is 3.48. The number of hydrogen-bond acceptors (Lipinski definition) is 3. The Balaban J connectivity index is 1.62. The molecule has 0 aliphatic rings. The monoisotopic (exact) mass is 355 g/mol. The predicted octanol–water partition coefficient (Wildman–Crippen LogP) is 3.37. The Hall–Kier alpha value is -3.80. The van der Waals surface area contributed by atoms with Gasteiger partial charge in [0, 0.05) is 23.0 Å². The first-order valence-electron chi connectivity index (χ1n) is 8.72. The van der Waals surface area contributed by atoms with Gasteiger partial charge in [0.25, 0.3) is 5.82 Å². The van der Waals surface area contributed by atoms with Crippen LogP contribution in [0.3, 0.4) is 0 Å². The maximum atomic E-state index is 5.91. The molecular formula is C21H19N6+. The van der Waals surface area contributed by atoms with E-state index >= 15 is 0 Å². The third kappa shape index (κ3) is 2.50. The zero-order valence-corrected chi connectivity index (χ0v) is 14.8. The van der Waals surface area contributed by atoms with Crippen molar-refractivity contribution in [1.82, 2.24) is 15.0 Å². The van der Waals surface area contributed by atoms with Crippen LogP contribution in [0.5, 0.6) is 0 Å². The third-order valence-electron chi connectivity index (χ3n) is 4.91. The molecule has 5 aromatic rings. The highest BCUT2D eigenvalue weighted by atomic mass is 15.1. The molecule has 3 aromatic carbocycles. The van der Waals surface area contributed by atoms with E-state index in [1.165, 1.54) is 0 Å². The van der Waals surface area contributed by atoms with E-state index in [9.17, 15) is 0 Å². The van der Waals surface area contributed by atoms with Crippen molar-refractivity contribution >= 4 is 33.4 Å². The number of H-pyrrole nitrogens is 2. The number of fused-ring (bicyclic) bond motifs is 2. The van der Waals surface area contributed by atoms with Crippen LogP contribution in [0.1, 0.15) is 0 Å². The number of nitrogens with zero attached hydrogens (tertiary/aromatic N) is 2. The Morgan fingerprint density at radius 1 is 0.778 bits per heavy atom. The summed E-state index contributed by atoms with van der Waals surface area (Å²) >= 11 is 0. The van der Waals surface area contributed by atoms with Gasteiger partial charge in [-0.2, -0.15) is 0 Å². The standard InChI is InChI=1S/C21H18N6/c1-27-19-9-7-15(23)11-18(19)26-21(27)13-4-8-16-17(10-13)25-20(24-16)12-2-5-14(22)6-3-12/h2-11H,23H2,1H3,(H3,22,24,25,26)/p+1. The molecule has 5 rings (SSSR count). The molecular weight excluding hydrogens is 336 g/mol. The number of aromatic nitrogens is 4. The van der Waals surface area contributed by atoms with Crippen LogP contribution in [-0.4, -0.2) is 15.0 Å². The van der Waals surface area contributed by atoms with Crippen LogP contribution >= 0.6 is 0 Å². The smallest absolute Gasteiger partial charge is 0.287 e. The van der Waals surface area contributed by atoms with Gasteiger partial charge in [0.15, 0.2) is 11.0 Å². The Labute approximate surface area is 155 Å². The van der Waals surface area contributed by atoms with Gasteiger partial charge < -0.3 is 16.5 Å². The SMILES string of the molecule is C[n+]1c(-c2ccc3nc(-c4ccc(N)cc4)[nH]c3c2)[nH]c2cc(N)ccc21. The van der Waals surface area contributed by atoms with E-state index in [0.29, 0.717) is 0 Å². The summed E-state index contributed by atoms with van der Waals surface area (Å²) in [5, 5.41) is 0. The largest absolute Gasteiger partial charge is 0.399 e. The summed E-state index contributed by atoms with van der Waals surface area (Å²) in [6.07, 6.45) is 0. The number of nitrogens with one attached hydrogen (secondary N) is 2. The van der Waals surface area contributed by atoms with E-state index in [1.54, 1.807) is 0 Å². The first-order chi connectivity index (χ1) is 13.1. The second kappa shape index (κ2) is 5.60. The van der Waals surface area contributed by atoms with Crippen molar-refractivity contribution in [2.75, 3.05) is 11.5 Å². The lowest BCUT2D eigenvalue weighted by Gasteiger charge is -1.97. The van der Waals surface area contributed by atoms with E-state index < -0.39 is 0 Å². The molecule has 2 heterocycles. The summed E-state index contributed by atoms with van der Waals surface area (Å²) in [7, 11) is 2.04. The van der Waals surface area contributed by atoms with Crippen molar-refractivity contribution in [3.8, 4) is 22.8 Å². The van der Waals surface area contributed by atoms with Gasteiger partial charge >= 0.3 is 0 Å². The normalized spacial score (nSPS) is 11.4. The number of rotatable bonds is 2. The molecule has 27 heavy (non-hydrogen) atoms. The van der Waals surface area contributed by atoms with Gasteiger partial charge in [-0.3, -0.25) is 0 Å². The van der Waals surface area contributed by atoms with Crippen LogP contribution in [0.4, 0.5) is 11.4 Å². The van der Waals surface area contributed by atoms with Crippen molar-refractivity contribution in [3.05, 3.63) is 60.7 Å². The van der Waals surface area contributed by atoms with Crippen LogP contribution in [0.15, 0.2) is 60.7 Å². The van der Waals surface area contributed by atoms with E-state index in [2.05, 4.69) is 26.7 Å². The minimum atomic E-state index is 0.740. The van der Waals surface area contributed by atoms with E-state index in [0.717, 1.165) is 56.2 Å². The van der Waals surface area contributed by atoms with Crippen LogP contribution in [0.2, 0.25) is 0 Å². The Morgan fingerprint density at radius 2 is 1.52 bits per heavy atom. The Kier molecular flexibility index (Phi) is 3.21. The number of anilines is 2. The Morgan fingerprint density at radius 3 is 2.33 bits per heavy atom. The highest BCUT2D eigenvalue weighted by Gasteiger charge is 2.18. The van der Waals surface area contributed by atoms with Crippen LogP contribution < -0.4 is 16.0 Å². The molecule has 0 fully saturated rings. The lowest BCUT2D eigenvalue weighted by atomic mass is 10.2. The van der Waals surface area contributed by atoms with Gasteiger partial charge in [0.05, 0.1) is 23.6 Å². The lowest BCUT2D eigenvalue weighted by Crippen LogP contribution is -2.29. The van der Waals surface area contributed by atoms with Crippen molar-refractivity contribution in [3.63, 3.8) is 0 Å². The quantitative estimate of drug-likeness (QED) is 0.288. The third-order valence-corrected chi connectivity index (χ3v) is 4.91. The van der Waals surface area contributed by atoms with Gasteiger partial charge in [-0.1, -0.05) is 0 Å². The van der Waals surface area contributed by atoms with Gasteiger partial charge in [-0.15, -0.1) is 0 Å². The topological polar surface area (TPSA) is 100 Å². The summed E-state index contributed by atoms with van der Waals surface area (Å²) in [6.45, 7) is 0. The molecule has 0 saturated heterocycles. The summed E-state index contributed by atoms with van der Waals surface area (Å²) in [5.74, 6) is 1.84. The summed E-state index contributed by atoms with van der Waals surface area (Å²) in [4.78, 5) is 11.6. The second-order valence-corrected chi connectivity index (χ2v) is 6.75. The molecule has 6 nitrogen and oxygen atoms in total. The maximum Gasteiger partial charge on any atom is 0.287 e. The summed E-state index contributed by atoms with van der Waals surface area (Å²) in [5.41, 5.74) is 19.3. The van der Waals surface area contributed by atoms with Gasteiger partial charge in [0.2, 0.25) is 0 Å². The Bertz CT molecular complexity index is 1290. The molecule has 0 radical (unpaired) electrons. The highest BCUT2D eigenvalue weighted by molar-refractivity contribution is 5.85. The summed E-state index contributed by atoms with van der Waals surface area (Å²) in [6, 6.07) is 19.8. The van der Waals surface area contributed by atoms with E-state index in [4.69, 9.17) is 16.5 Å². The molecule has 0 aliphatic heterocycles. The highest BCUT2D eigenvalue weighted by Crippen LogP contribution is 2.26. The number of nitrogen functional groups attached to an aromatic ring is 2. The van der Waals surface area contributed by atoms with E-state index in [1.807, 2.05) is 55.6 Å². The molecule has 0 bridgehead atoms. The number of imidazole rings is 2. The van der Waals surface area contributed by atoms with Crippen LogP contribution in [0.25, 0.3) is 44.8 Å². The average Bonchev–Trinajstić information content (AvgIpc) is 3.22. The molecule has 0 spiro atoms. The first-order valence-corrected chi connectivity index (χ1v) is 8.72. The first kappa shape index (κ1) is 15.5. The molecule has 0 amide bonds. The molecule has 2 aromatic heterocycles. The van der Waals surface area contributed by atoms with Gasteiger partial charge in [-0.25, -0.2) is 14.5 Å². The van der Waals surface area contributed by atoms with Crippen LogP contribution in [0, 0.1) is 0 Å². The summed E-state index contributed by atoms with van der Waals surface area (Å²) < 4.78 is 2.13. The molecule has 6 heteroatoms. The molecule has 0 saturated carbocycles. The van der Waals surface area contributed by atoms with Gasteiger partial charge in [0.1, 0.15) is 5.82 Å². The van der Waals surface area contributed by atoms with Crippen molar-refractivity contribution < 1.29 is 4.57 Å². The predicted molar refractivity (Wildman–Crippen MR) is 109 cm³/mol. The fraction of sp³-hybridized carbons (Fsp3) is 0.0476. The molecule has 0 atom stereocenters. The number of aromatic amines is 2. The van der Waals surface area contributed by atoms with Crippen molar-refractivity contribution in [1.29, 1.82) is 0 Å². The fourth-order valence-corrected chi connectivity index (χ4v) is 3.48. The molecule has 132 valence electrons. The van der Waals surface area contributed by atoms with Crippen LogP contribution in [-0.2, 0) is 7.05 Å². The minimum absolute atomic E-state index is 0.740. The number of nitrogens with two attached hydrogens (primary N) is 2. The maximum absolute atomic E-state index is 5.91. The number of hydrogen-bond donors (Lipinski definition) is 4. The molecule has 0 aliphatic carbocycles. The number of benzene rings is 3. The zero-order valence-electron chi connectivity index (χ0n) is 14.8. The van der Waals surface area contributed by atoms with Gasteiger partial charge in [-0.05, 0) is 54.6 Å². The second-order valence-electron chi connectivity index (χ2n) is 6.75. The van der Waals surface area contributed by atoms with Crippen molar-refractivity contribution in [2.24, 2.45) is 7.05 Å². The van der Waals surface area contributed by atoms with E-state index in [-0.39, 0.29) is 0 Å². The lowest BCUT2D eigenvalue weighted by molar-refractivity contribution is -0.633. The molecule has 6 N–H and O–H groups in total. The number of aryl methyl sites for hydroxylation is 1. The zero-order chi connectivity index (χ0) is 18.5.